The molecule has 0 aliphatic heterocycles. The minimum atomic E-state index is -0.352. The quantitative estimate of drug-likeness (QED) is 0.621. The molecular formula is C13H19N3O2. The largest absolute Gasteiger partial charge is 0.385 e. The molecule has 1 aromatic carbocycles. The summed E-state index contributed by atoms with van der Waals surface area (Å²) in [5.74, 6) is 0.759. The van der Waals surface area contributed by atoms with Crippen LogP contribution in [0.3, 0.4) is 0 Å². The maximum atomic E-state index is 10.9. The van der Waals surface area contributed by atoms with E-state index in [0.717, 1.165) is 36.7 Å². The summed E-state index contributed by atoms with van der Waals surface area (Å²) in [4.78, 5) is 10.5. The summed E-state index contributed by atoms with van der Waals surface area (Å²) in [6.07, 6.45) is 2.28. The fraction of sp³-hybridized carbons (Fsp3) is 0.538. The number of hydrogen-bond donors (Lipinski definition) is 2. The predicted molar refractivity (Wildman–Crippen MR) is 73.1 cm³/mol. The first-order chi connectivity index (χ1) is 8.58. The van der Waals surface area contributed by atoms with Crippen molar-refractivity contribution in [1.29, 1.82) is 0 Å². The molecule has 0 saturated heterocycles. The summed E-state index contributed by atoms with van der Waals surface area (Å²) in [5.41, 5.74) is 1.75. The Balaban J connectivity index is 2.14. The molecule has 1 saturated carbocycles. The third-order valence-corrected chi connectivity index (χ3v) is 3.25. The summed E-state index contributed by atoms with van der Waals surface area (Å²) in [7, 11) is 0. The van der Waals surface area contributed by atoms with Crippen molar-refractivity contribution >= 4 is 17.1 Å². The van der Waals surface area contributed by atoms with Crippen molar-refractivity contribution in [3.05, 3.63) is 28.3 Å². The number of nitrogens with zero attached hydrogens (tertiary/aromatic N) is 1. The molecule has 5 heteroatoms. The molecule has 1 aromatic rings. The fourth-order valence-corrected chi connectivity index (χ4v) is 2.36. The van der Waals surface area contributed by atoms with Crippen LogP contribution in [0.25, 0.3) is 0 Å². The lowest BCUT2D eigenvalue weighted by Gasteiger charge is -2.34. The van der Waals surface area contributed by atoms with E-state index in [4.69, 9.17) is 0 Å². The number of nitrogens with one attached hydrogen (secondary N) is 2. The molecular weight excluding hydrogens is 230 g/mol. The maximum Gasteiger partial charge on any atom is 0.273 e. The van der Waals surface area contributed by atoms with E-state index in [1.54, 1.807) is 12.1 Å². The smallest absolute Gasteiger partial charge is 0.273 e. The van der Waals surface area contributed by atoms with Crippen LogP contribution in [0.2, 0.25) is 0 Å². The molecule has 5 nitrogen and oxygen atoms in total. The molecule has 1 aliphatic rings. The van der Waals surface area contributed by atoms with Gasteiger partial charge in [0.25, 0.3) is 5.69 Å². The SMILES string of the molecule is CCNc1cc(NC2CC(C)C2)cc([N+](=O)[O-])c1. The molecule has 18 heavy (non-hydrogen) atoms. The zero-order valence-electron chi connectivity index (χ0n) is 10.8. The zero-order chi connectivity index (χ0) is 13.1. The van der Waals surface area contributed by atoms with Gasteiger partial charge in [0.1, 0.15) is 0 Å². The van der Waals surface area contributed by atoms with E-state index in [1.807, 2.05) is 13.0 Å². The normalized spacial score (nSPS) is 22.1. The van der Waals surface area contributed by atoms with Gasteiger partial charge in [0.05, 0.1) is 4.92 Å². The van der Waals surface area contributed by atoms with Crippen molar-refractivity contribution in [3.8, 4) is 0 Å². The molecule has 0 spiro atoms. The summed E-state index contributed by atoms with van der Waals surface area (Å²) in [5, 5.41) is 17.4. The average Bonchev–Trinajstić information content (AvgIpc) is 2.27. The molecule has 1 aliphatic carbocycles. The second-order valence-electron chi connectivity index (χ2n) is 4.97. The van der Waals surface area contributed by atoms with E-state index >= 15 is 0 Å². The monoisotopic (exact) mass is 249 g/mol. The summed E-state index contributed by atoms with van der Waals surface area (Å²) < 4.78 is 0. The Morgan fingerprint density at radius 2 is 2.00 bits per heavy atom. The van der Waals surface area contributed by atoms with Crippen molar-refractivity contribution in [2.24, 2.45) is 5.92 Å². The summed E-state index contributed by atoms with van der Waals surface area (Å²) in [6, 6.07) is 5.55. The third-order valence-electron chi connectivity index (χ3n) is 3.25. The average molecular weight is 249 g/mol. The van der Waals surface area contributed by atoms with Crippen LogP contribution < -0.4 is 10.6 Å². The number of benzene rings is 1. The number of nitro benzene ring substituents is 1. The van der Waals surface area contributed by atoms with Crippen LogP contribution in [0.1, 0.15) is 26.7 Å². The van der Waals surface area contributed by atoms with Gasteiger partial charge in [-0.25, -0.2) is 0 Å². The highest BCUT2D eigenvalue weighted by atomic mass is 16.6. The first-order valence-electron chi connectivity index (χ1n) is 6.38. The lowest BCUT2D eigenvalue weighted by molar-refractivity contribution is -0.384. The van der Waals surface area contributed by atoms with Crippen LogP contribution in [0.4, 0.5) is 17.1 Å². The van der Waals surface area contributed by atoms with Crippen LogP contribution in [-0.2, 0) is 0 Å². The molecule has 0 radical (unpaired) electrons. The first-order valence-corrected chi connectivity index (χ1v) is 6.38. The Morgan fingerprint density at radius 1 is 1.33 bits per heavy atom. The van der Waals surface area contributed by atoms with E-state index in [0.29, 0.717) is 6.04 Å². The van der Waals surface area contributed by atoms with Crippen LogP contribution in [0.5, 0.6) is 0 Å². The molecule has 0 amide bonds. The lowest BCUT2D eigenvalue weighted by Crippen LogP contribution is -2.33. The Kier molecular flexibility index (Phi) is 3.69. The maximum absolute atomic E-state index is 10.9. The molecule has 0 bridgehead atoms. The van der Waals surface area contributed by atoms with Gasteiger partial charge in [-0.05, 0) is 31.7 Å². The van der Waals surface area contributed by atoms with Crippen molar-refractivity contribution in [3.63, 3.8) is 0 Å². The van der Waals surface area contributed by atoms with Crippen molar-refractivity contribution in [2.45, 2.75) is 32.7 Å². The Hall–Kier alpha value is -1.78. The van der Waals surface area contributed by atoms with Crippen LogP contribution in [-0.4, -0.2) is 17.5 Å². The van der Waals surface area contributed by atoms with E-state index in [9.17, 15) is 10.1 Å². The molecule has 98 valence electrons. The molecule has 2 rings (SSSR count). The Morgan fingerprint density at radius 3 is 2.56 bits per heavy atom. The Bertz CT molecular complexity index is 442. The molecule has 0 unspecified atom stereocenters. The number of non-ortho nitro benzene ring substituents is 1. The van der Waals surface area contributed by atoms with Crippen LogP contribution >= 0.6 is 0 Å². The van der Waals surface area contributed by atoms with Gasteiger partial charge < -0.3 is 10.6 Å². The number of anilines is 2. The van der Waals surface area contributed by atoms with Gasteiger partial charge in [-0.1, -0.05) is 6.92 Å². The molecule has 1 fully saturated rings. The number of rotatable bonds is 5. The lowest BCUT2D eigenvalue weighted by atomic mass is 9.82. The van der Waals surface area contributed by atoms with Crippen molar-refractivity contribution in [1.82, 2.24) is 0 Å². The van der Waals surface area contributed by atoms with Crippen LogP contribution in [0.15, 0.2) is 18.2 Å². The van der Waals surface area contributed by atoms with Gasteiger partial charge in [-0.15, -0.1) is 0 Å². The highest BCUT2D eigenvalue weighted by Crippen LogP contribution is 2.31. The fourth-order valence-electron chi connectivity index (χ4n) is 2.36. The van der Waals surface area contributed by atoms with Gasteiger partial charge in [0, 0.05) is 36.1 Å². The number of nitro groups is 1. The minimum absolute atomic E-state index is 0.128. The van der Waals surface area contributed by atoms with Crippen molar-refractivity contribution < 1.29 is 4.92 Å². The standard InChI is InChI=1S/C13H19N3O2/c1-3-14-10-6-12(8-13(7-10)16(17)18)15-11-4-9(2)5-11/h6-9,11,14-15H,3-5H2,1-2H3. The second-order valence-corrected chi connectivity index (χ2v) is 4.97. The van der Waals surface area contributed by atoms with Gasteiger partial charge in [0.15, 0.2) is 0 Å². The second kappa shape index (κ2) is 5.25. The molecule has 2 N–H and O–H groups in total. The summed E-state index contributed by atoms with van der Waals surface area (Å²) in [6.45, 7) is 4.94. The minimum Gasteiger partial charge on any atom is -0.385 e. The van der Waals surface area contributed by atoms with Gasteiger partial charge >= 0.3 is 0 Å². The summed E-state index contributed by atoms with van der Waals surface area (Å²) >= 11 is 0. The van der Waals surface area contributed by atoms with Gasteiger partial charge in [-0.3, -0.25) is 10.1 Å². The Labute approximate surface area is 107 Å². The van der Waals surface area contributed by atoms with Gasteiger partial charge in [-0.2, -0.15) is 0 Å². The van der Waals surface area contributed by atoms with E-state index < -0.39 is 0 Å². The van der Waals surface area contributed by atoms with E-state index in [2.05, 4.69) is 17.6 Å². The third kappa shape index (κ3) is 2.91. The van der Waals surface area contributed by atoms with Crippen LogP contribution in [0, 0.1) is 16.0 Å². The van der Waals surface area contributed by atoms with Crippen molar-refractivity contribution in [2.75, 3.05) is 17.2 Å². The topological polar surface area (TPSA) is 67.2 Å². The molecule has 0 aromatic heterocycles. The predicted octanol–water partition coefficient (Wildman–Crippen LogP) is 3.24. The zero-order valence-corrected chi connectivity index (χ0v) is 10.8. The van der Waals surface area contributed by atoms with E-state index in [-0.39, 0.29) is 10.6 Å². The number of hydrogen-bond acceptors (Lipinski definition) is 4. The van der Waals surface area contributed by atoms with E-state index in [1.165, 1.54) is 0 Å². The van der Waals surface area contributed by atoms with Gasteiger partial charge in [0.2, 0.25) is 0 Å². The highest BCUT2D eigenvalue weighted by molar-refractivity contribution is 5.63. The first kappa shape index (κ1) is 12.7. The molecule has 0 atom stereocenters. The molecule has 0 heterocycles. The highest BCUT2D eigenvalue weighted by Gasteiger charge is 2.25.